The topological polar surface area (TPSA) is 93.0 Å². The number of carbonyl (C=O) groups excluding carboxylic acids is 2. The predicted molar refractivity (Wildman–Crippen MR) is 154 cm³/mol. The second-order valence-electron chi connectivity index (χ2n) is 8.58. The van der Waals surface area contributed by atoms with Gasteiger partial charge in [-0.2, -0.15) is 10.1 Å². The molecule has 2 amide bonds. The van der Waals surface area contributed by atoms with Crippen molar-refractivity contribution in [1.82, 2.24) is 0 Å². The Morgan fingerprint density at radius 1 is 0.846 bits per heavy atom. The average Bonchev–Trinajstić information content (AvgIpc) is 3.43. The van der Waals surface area contributed by atoms with Crippen molar-refractivity contribution in [1.29, 1.82) is 0 Å². The average molecular weight is 543 g/mol. The summed E-state index contributed by atoms with van der Waals surface area (Å²) in [5, 5.41) is 5.63. The molecule has 9 nitrogen and oxygen atoms in total. The van der Waals surface area contributed by atoms with E-state index in [4.69, 9.17) is 14.2 Å². The normalized spacial score (nSPS) is 17.9. The lowest BCUT2D eigenvalue weighted by Gasteiger charge is -2.20. The Hall–Kier alpha value is -4.57. The van der Waals surface area contributed by atoms with Gasteiger partial charge < -0.3 is 14.2 Å². The van der Waals surface area contributed by atoms with E-state index in [0.717, 1.165) is 0 Å². The fourth-order valence-electron chi connectivity index (χ4n) is 4.27. The van der Waals surface area contributed by atoms with E-state index in [9.17, 15) is 9.59 Å². The van der Waals surface area contributed by atoms with Crippen LogP contribution in [0.1, 0.15) is 12.5 Å². The summed E-state index contributed by atoms with van der Waals surface area (Å²) in [7, 11) is 4.58. The number of methoxy groups -OCH3 is 3. The Morgan fingerprint density at radius 2 is 1.44 bits per heavy atom. The van der Waals surface area contributed by atoms with E-state index in [-0.39, 0.29) is 17.5 Å². The highest BCUT2D eigenvalue weighted by molar-refractivity contribution is 8.16. The smallest absolute Gasteiger partial charge is 0.283 e. The summed E-state index contributed by atoms with van der Waals surface area (Å²) in [6.07, 6.45) is 1.66. The van der Waals surface area contributed by atoms with E-state index in [0.29, 0.717) is 45.1 Å². The van der Waals surface area contributed by atoms with E-state index in [1.807, 2.05) is 60.7 Å². The zero-order valence-corrected chi connectivity index (χ0v) is 22.6. The lowest BCUT2D eigenvalue weighted by Crippen LogP contribution is -2.35. The van der Waals surface area contributed by atoms with Gasteiger partial charge in [0.05, 0.1) is 38.4 Å². The summed E-state index contributed by atoms with van der Waals surface area (Å²) >= 11 is 1.19. The number of benzene rings is 3. The van der Waals surface area contributed by atoms with Crippen LogP contribution in [0.15, 0.2) is 88.6 Å². The second kappa shape index (κ2) is 11.0. The molecular formula is C29H26N4O5S. The Morgan fingerprint density at radius 3 is 2.00 bits per heavy atom. The molecule has 3 aromatic rings. The molecule has 2 aliphatic rings. The number of hydrazone groups is 1. The first-order valence-electron chi connectivity index (χ1n) is 12.1. The highest BCUT2D eigenvalue weighted by Gasteiger charge is 2.40. The van der Waals surface area contributed by atoms with Crippen LogP contribution in [-0.2, 0) is 9.59 Å². The molecule has 0 aromatic heterocycles. The van der Waals surface area contributed by atoms with Gasteiger partial charge in [0, 0.05) is 0 Å². The third-order valence-electron chi connectivity index (χ3n) is 6.13. The zero-order valence-electron chi connectivity index (χ0n) is 21.8. The minimum atomic E-state index is -0.636. The van der Waals surface area contributed by atoms with Gasteiger partial charge in [-0.15, -0.1) is 0 Å². The van der Waals surface area contributed by atoms with Gasteiger partial charge in [-0.1, -0.05) is 48.2 Å². The minimum absolute atomic E-state index is 0.200. The van der Waals surface area contributed by atoms with E-state index in [1.165, 1.54) is 43.0 Å². The SMILES string of the molecule is COc1cc(/C=C2/N=C(S[C@H]3C(=O)N(c4ccccc4)N=C3C)N(c3ccccc3)C2=O)cc(OC)c1OC. The van der Waals surface area contributed by atoms with Crippen molar-refractivity contribution in [3.8, 4) is 17.2 Å². The predicted octanol–water partition coefficient (Wildman–Crippen LogP) is 4.98. The zero-order chi connectivity index (χ0) is 27.5. The van der Waals surface area contributed by atoms with Gasteiger partial charge >= 0.3 is 0 Å². The van der Waals surface area contributed by atoms with Crippen LogP contribution in [0, 0.1) is 0 Å². The molecule has 0 aliphatic carbocycles. The summed E-state index contributed by atoms with van der Waals surface area (Å²) in [4.78, 5) is 33.3. The van der Waals surface area contributed by atoms with Crippen LogP contribution in [0.2, 0.25) is 0 Å². The van der Waals surface area contributed by atoms with Crippen molar-refractivity contribution < 1.29 is 23.8 Å². The number of thioether (sulfide) groups is 1. The first-order valence-corrected chi connectivity index (χ1v) is 12.9. The third-order valence-corrected chi connectivity index (χ3v) is 7.39. The number of nitrogens with zero attached hydrogens (tertiary/aromatic N) is 4. The van der Waals surface area contributed by atoms with Gasteiger partial charge in [0.1, 0.15) is 10.9 Å². The fourth-order valence-corrected chi connectivity index (χ4v) is 5.34. The number of amides is 2. The maximum Gasteiger partial charge on any atom is 0.283 e. The van der Waals surface area contributed by atoms with Crippen LogP contribution in [0.25, 0.3) is 6.08 Å². The molecule has 5 rings (SSSR count). The summed E-state index contributed by atoms with van der Waals surface area (Å²) in [6.45, 7) is 1.80. The molecule has 0 bridgehead atoms. The molecule has 1 atom stereocenters. The first-order chi connectivity index (χ1) is 18.9. The molecule has 0 N–H and O–H groups in total. The van der Waals surface area contributed by atoms with E-state index in [2.05, 4.69) is 10.1 Å². The third kappa shape index (κ3) is 4.98. The lowest BCUT2D eigenvalue weighted by molar-refractivity contribution is -0.116. The number of para-hydroxylation sites is 2. The second-order valence-corrected chi connectivity index (χ2v) is 9.66. The molecule has 0 saturated carbocycles. The highest BCUT2D eigenvalue weighted by Crippen LogP contribution is 2.40. The summed E-state index contributed by atoms with van der Waals surface area (Å²) in [5.74, 6) is 0.837. The van der Waals surface area contributed by atoms with E-state index < -0.39 is 5.25 Å². The Bertz CT molecular complexity index is 1480. The molecular weight excluding hydrogens is 516 g/mol. The Kier molecular flexibility index (Phi) is 7.38. The van der Waals surface area contributed by atoms with Crippen molar-refractivity contribution in [3.63, 3.8) is 0 Å². The molecule has 0 fully saturated rings. The molecule has 2 heterocycles. The highest BCUT2D eigenvalue weighted by atomic mass is 32.2. The van der Waals surface area contributed by atoms with Crippen molar-refractivity contribution in [2.45, 2.75) is 12.2 Å². The number of carbonyl (C=O) groups is 2. The van der Waals surface area contributed by atoms with Crippen molar-refractivity contribution in [2.75, 3.05) is 31.2 Å². The number of hydrogen-bond acceptors (Lipinski definition) is 8. The number of amidine groups is 1. The van der Waals surface area contributed by atoms with Crippen LogP contribution >= 0.6 is 11.8 Å². The molecule has 0 spiro atoms. The van der Waals surface area contributed by atoms with Crippen LogP contribution in [0.4, 0.5) is 11.4 Å². The quantitative estimate of drug-likeness (QED) is 0.391. The monoisotopic (exact) mass is 542 g/mol. The van der Waals surface area contributed by atoms with Crippen molar-refractivity contribution in [2.24, 2.45) is 10.1 Å². The maximum atomic E-state index is 13.7. The molecule has 39 heavy (non-hydrogen) atoms. The van der Waals surface area contributed by atoms with Crippen LogP contribution in [-0.4, -0.2) is 49.3 Å². The van der Waals surface area contributed by atoms with E-state index in [1.54, 1.807) is 25.1 Å². The van der Waals surface area contributed by atoms with Crippen LogP contribution in [0.3, 0.4) is 0 Å². The van der Waals surface area contributed by atoms with Gasteiger partial charge in [0.2, 0.25) is 5.75 Å². The minimum Gasteiger partial charge on any atom is -0.493 e. The van der Waals surface area contributed by atoms with Gasteiger partial charge in [0.15, 0.2) is 16.7 Å². The Balaban J connectivity index is 1.52. The largest absolute Gasteiger partial charge is 0.493 e. The summed E-state index contributed by atoms with van der Waals surface area (Å²) < 4.78 is 16.3. The van der Waals surface area contributed by atoms with Gasteiger partial charge in [-0.3, -0.25) is 14.5 Å². The Labute approximate surface area is 230 Å². The number of anilines is 2. The molecule has 0 radical (unpaired) electrons. The number of aliphatic imine (C=N–C) groups is 1. The first kappa shape index (κ1) is 26.1. The molecule has 0 unspecified atom stereocenters. The number of hydrogen-bond donors (Lipinski definition) is 0. The molecule has 2 aliphatic heterocycles. The van der Waals surface area contributed by atoms with Crippen LogP contribution < -0.4 is 24.1 Å². The van der Waals surface area contributed by atoms with Crippen molar-refractivity contribution >= 4 is 51.9 Å². The van der Waals surface area contributed by atoms with Crippen molar-refractivity contribution in [3.05, 3.63) is 84.1 Å². The maximum absolute atomic E-state index is 13.7. The van der Waals surface area contributed by atoms with Gasteiger partial charge in [0.25, 0.3) is 11.8 Å². The standard InChI is InChI=1S/C29H26N4O5S/c1-18-26(28(35)33(31-18)21-13-9-6-10-14-21)39-29-30-22(27(34)32(29)20-11-7-5-8-12-20)15-19-16-23(36-2)25(38-4)24(17-19)37-3/h5-17,26H,1-4H3/b22-15+/t26-/m1/s1. The fraction of sp³-hybridized carbons (Fsp3) is 0.172. The van der Waals surface area contributed by atoms with Crippen LogP contribution in [0.5, 0.6) is 17.2 Å². The summed E-state index contributed by atoms with van der Waals surface area (Å²) in [6, 6.07) is 21.9. The molecule has 198 valence electrons. The van der Waals surface area contributed by atoms with Gasteiger partial charge in [-0.05, 0) is 55.0 Å². The van der Waals surface area contributed by atoms with Gasteiger partial charge in [-0.25, -0.2) is 4.99 Å². The molecule has 10 heteroatoms. The molecule has 0 saturated heterocycles. The molecule has 3 aromatic carbocycles. The number of ether oxygens (including phenoxy) is 3. The number of rotatable bonds is 7. The van der Waals surface area contributed by atoms with E-state index >= 15 is 0 Å². The summed E-state index contributed by atoms with van der Waals surface area (Å²) in [5.41, 5.74) is 2.79. The lowest BCUT2D eigenvalue weighted by atomic mass is 10.1.